The monoisotopic (exact) mass is 1300 g/mol. The molecule has 9 aromatic carbocycles. The molecule has 498 valence electrons. The third-order valence-corrected chi connectivity index (χ3v) is 17.4. The maximum atomic E-state index is 14.9. The lowest BCUT2D eigenvalue weighted by molar-refractivity contribution is -0.379. The summed E-state index contributed by atoms with van der Waals surface area (Å²) in [6, 6.07) is 88.7. The van der Waals surface area contributed by atoms with Crippen LogP contribution in [0.1, 0.15) is 57.0 Å². The number of hydrogen-bond donors (Lipinski definition) is 0. The number of rotatable bonds is 32. The van der Waals surface area contributed by atoms with Crippen molar-refractivity contribution in [3.8, 4) is 0 Å². The van der Waals surface area contributed by atoms with Crippen LogP contribution in [-0.4, -0.2) is 110 Å². The van der Waals surface area contributed by atoms with Crippen LogP contribution in [0.15, 0.2) is 273 Å². The fraction of sp³-hybridized carbons (Fsp3) is 0.321. The minimum absolute atomic E-state index is 0.00919. The molecule has 15 nitrogen and oxygen atoms in total. The SMILES string of the molecule is C[C@H]1O[C@@H](O[C@H]2[C@H](OCc3ccccc3)[C@@H](OCc3ccccc3)[C@H](O[C@@H]3[C@@H](COCc4ccccc4)N(C(=O)OCc4ccccc4)C[C@H]3OCc3ccccc3)O[C@@H]2COCc2ccccc2)[C@H](OCc2ccccc2)[C@@H](OCc2ccccc2)[C@@H]1OCc1ccccc1. The Balaban J connectivity index is 0.946. The van der Waals surface area contributed by atoms with Crippen molar-refractivity contribution in [1.29, 1.82) is 0 Å². The normalized spacial score (nSPS) is 24.1. The zero-order valence-corrected chi connectivity index (χ0v) is 54.1. The summed E-state index contributed by atoms with van der Waals surface area (Å²) in [6.45, 7) is 3.88. The number of carbonyl (C=O) groups is 1. The first kappa shape index (κ1) is 67.7. The lowest BCUT2D eigenvalue weighted by Gasteiger charge is -2.50. The third kappa shape index (κ3) is 19.3. The van der Waals surface area contributed by atoms with Crippen LogP contribution in [0.3, 0.4) is 0 Å². The highest BCUT2D eigenvalue weighted by molar-refractivity contribution is 5.69. The summed E-state index contributed by atoms with van der Waals surface area (Å²) in [7, 11) is 0. The summed E-state index contributed by atoms with van der Waals surface area (Å²) >= 11 is 0. The number of amides is 1. The Labute approximate surface area is 563 Å². The standard InChI is InChI=1S/C81H85NO14/c1-59-72(87-51-63-35-17-5-18-36-63)75(88-52-64-37-19-6-20-38-64)77(90-54-66-41-23-8-24-42-66)79(93-59)96-74-71(58-85-49-61-31-13-3-14-32-61)94-80(78(91-55-67-43-25-9-26-44-67)76(74)89-53-65-39-21-7-22-40-65)95-73-69(57-84-48-60-29-11-2-12-30-60)82(81(83)92-56-68-45-27-10-28-46-68)47-70(73)86-50-62-33-15-4-16-34-62/h2-46,59,69-80H,47-58H2,1H3/t59-,69-,70-,71-,72-,73-,74-,75+,76+,77-,78-,79+,80+/m1/s1. The van der Waals surface area contributed by atoms with Crippen LogP contribution in [0.5, 0.6) is 0 Å². The predicted molar refractivity (Wildman–Crippen MR) is 362 cm³/mol. The lowest BCUT2D eigenvalue weighted by atomic mass is 9.95. The van der Waals surface area contributed by atoms with Gasteiger partial charge in [0.25, 0.3) is 0 Å². The van der Waals surface area contributed by atoms with Crippen LogP contribution in [0.2, 0.25) is 0 Å². The maximum absolute atomic E-state index is 14.9. The van der Waals surface area contributed by atoms with Crippen molar-refractivity contribution < 1.29 is 66.4 Å². The largest absolute Gasteiger partial charge is 0.445 e. The van der Waals surface area contributed by atoms with Gasteiger partial charge in [0, 0.05) is 0 Å². The van der Waals surface area contributed by atoms with Crippen molar-refractivity contribution in [1.82, 2.24) is 4.90 Å². The van der Waals surface area contributed by atoms with Gasteiger partial charge in [-0.2, -0.15) is 0 Å². The van der Waals surface area contributed by atoms with E-state index < -0.39 is 85.8 Å². The third-order valence-electron chi connectivity index (χ3n) is 17.4. The molecule has 0 aromatic heterocycles. The Hall–Kier alpha value is -8.23. The van der Waals surface area contributed by atoms with Gasteiger partial charge >= 0.3 is 6.09 Å². The number of likely N-dealkylation sites (tertiary alicyclic amines) is 1. The minimum atomic E-state index is -1.24. The predicted octanol–water partition coefficient (Wildman–Crippen LogP) is 14.2. The summed E-state index contributed by atoms with van der Waals surface area (Å²) < 4.78 is 92.5. The van der Waals surface area contributed by atoms with E-state index in [9.17, 15) is 4.79 Å². The first-order chi connectivity index (χ1) is 47.4. The lowest BCUT2D eigenvalue weighted by Crippen LogP contribution is -2.66. The molecule has 96 heavy (non-hydrogen) atoms. The Bertz CT molecular complexity index is 3630. The van der Waals surface area contributed by atoms with E-state index in [1.54, 1.807) is 4.90 Å². The first-order valence-corrected chi connectivity index (χ1v) is 33.2. The fourth-order valence-corrected chi connectivity index (χ4v) is 12.4. The Morgan fingerprint density at radius 2 is 0.635 bits per heavy atom. The molecule has 3 saturated heterocycles. The summed E-state index contributed by atoms with van der Waals surface area (Å²) in [5.74, 6) is 0. The number of nitrogens with zero attached hydrogens (tertiary/aromatic N) is 1. The smallest absolute Gasteiger partial charge is 0.410 e. The van der Waals surface area contributed by atoms with Crippen LogP contribution >= 0.6 is 0 Å². The summed E-state index contributed by atoms with van der Waals surface area (Å²) in [4.78, 5) is 16.5. The van der Waals surface area contributed by atoms with Gasteiger partial charge in [-0.25, -0.2) is 4.79 Å². The molecular weight excluding hydrogens is 1210 g/mol. The fourth-order valence-electron chi connectivity index (χ4n) is 12.4. The van der Waals surface area contributed by atoms with Crippen LogP contribution in [-0.2, 0) is 121 Å². The van der Waals surface area contributed by atoms with Crippen molar-refractivity contribution in [2.75, 3.05) is 19.8 Å². The number of ether oxygens (including phenoxy) is 13. The summed E-state index contributed by atoms with van der Waals surface area (Å²) in [5.41, 5.74) is 8.41. The Morgan fingerprint density at radius 1 is 0.333 bits per heavy atom. The second-order valence-electron chi connectivity index (χ2n) is 24.4. The highest BCUT2D eigenvalue weighted by atomic mass is 16.8. The van der Waals surface area contributed by atoms with Crippen molar-refractivity contribution in [2.24, 2.45) is 0 Å². The molecule has 3 heterocycles. The van der Waals surface area contributed by atoms with Gasteiger partial charge in [-0.1, -0.05) is 273 Å². The molecule has 3 aliphatic rings. The molecule has 0 aliphatic carbocycles. The van der Waals surface area contributed by atoms with Gasteiger partial charge in [0.05, 0.1) is 84.8 Å². The Morgan fingerprint density at radius 3 is 1.03 bits per heavy atom. The van der Waals surface area contributed by atoms with Gasteiger partial charge < -0.3 is 61.6 Å². The molecular formula is C81H85NO14. The highest BCUT2D eigenvalue weighted by Crippen LogP contribution is 2.39. The van der Waals surface area contributed by atoms with Gasteiger partial charge in [0.15, 0.2) is 12.6 Å². The van der Waals surface area contributed by atoms with Gasteiger partial charge in [0.1, 0.15) is 61.5 Å². The second kappa shape index (κ2) is 35.7. The molecule has 9 aromatic rings. The zero-order valence-electron chi connectivity index (χ0n) is 54.1. The average molecular weight is 1300 g/mol. The molecule has 15 heteroatoms. The molecule has 3 aliphatic heterocycles. The van der Waals surface area contributed by atoms with E-state index in [1.165, 1.54) is 0 Å². The van der Waals surface area contributed by atoms with Gasteiger partial charge in [-0.3, -0.25) is 4.90 Å². The van der Waals surface area contributed by atoms with Crippen LogP contribution in [0.4, 0.5) is 4.79 Å². The van der Waals surface area contributed by atoms with Gasteiger partial charge in [0.2, 0.25) is 0 Å². The van der Waals surface area contributed by atoms with E-state index in [4.69, 9.17) is 61.6 Å². The quantitative estimate of drug-likeness (QED) is 0.0395. The molecule has 0 unspecified atom stereocenters. The Kier molecular flexibility index (Phi) is 25.2. The summed E-state index contributed by atoms with van der Waals surface area (Å²) in [5, 5.41) is 0. The van der Waals surface area contributed by atoms with Gasteiger partial charge in [-0.05, 0) is 57.0 Å². The molecule has 12 rings (SSSR count). The van der Waals surface area contributed by atoms with E-state index in [0.29, 0.717) is 6.61 Å². The molecule has 0 spiro atoms. The molecule has 1 amide bonds. The molecule has 3 fully saturated rings. The van der Waals surface area contributed by atoms with Crippen molar-refractivity contribution in [3.05, 3.63) is 323 Å². The molecule has 13 atom stereocenters. The second-order valence-corrected chi connectivity index (χ2v) is 24.4. The topological polar surface area (TPSA) is 140 Å². The molecule has 0 N–H and O–H groups in total. The van der Waals surface area contributed by atoms with Crippen molar-refractivity contribution in [2.45, 2.75) is 146 Å². The zero-order chi connectivity index (χ0) is 65.4. The van der Waals surface area contributed by atoms with Crippen LogP contribution < -0.4 is 0 Å². The number of benzene rings is 9. The average Bonchev–Trinajstić information content (AvgIpc) is 1.15. The van der Waals surface area contributed by atoms with Crippen LogP contribution in [0, 0.1) is 0 Å². The van der Waals surface area contributed by atoms with Crippen molar-refractivity contribution >= 4 is 6.09 Å². The first-order valence-electron chi connectivity index (χ1n) is 33.2. The maximum Gasteiger partial charge on any atom is 0.410 e. The molecule has 0 saturated carbocycles. The van der Waals surface area contributed by atoms with E-state index >= 15 is 0 Å². The number of carbonyl (C=O) groups excluding carboxylic acids is 1. The molecule has 0 bridgehead atoms. The molecule has 0 radical (unpaired) electrons. The number of hydrogen-bond acceptors (Lipinski definition) is 14. The van der Waals surface area contributed by atoms with Crippen molar-refractivity contribution in [3.63, 3.8) is 0 Å². The highest BCUT2D eigenvalue weighted by Gasteiger charge is 2.56. The van der Waals surface area contributed by atoms with Gasteiger partial charge in [-0.15, -0.1) is 0 Å². The van der Waals surface area contributed by atoms with E-state index in [1.807, 2.05) is 280 Å². The van der Waals surface area contributed by atoms with E-state index in [2.05, 4.69) is 0 Å². The minimum Gasteiger partial charge on any atom is -0.445 e. The van der Waals surface area contributed by atoms with Crippen LogP contribution in [0.25, 0.3) is 0 Å². The summed E-state index contributed by atoms with van der Waals surface area (Å²) in [6.07, 6.45) is -11.5. The van der Waals surface area contributed by atoms with E-state index in [0.717, 1.165) is 50.1 Å². The van der Waals surface area contributed by atoms with E-state index in [-0.39, 0.29) is 72.6 Å².